The number of likely N-dealkylation sites (N-methyl/N-ethyl adjacent to an activating group) is 2. The molecule has 0 N–H and O–H groups in total. The van der Waals surface area contributed by atoms with Gasteiger partial charge in [0, 0.05) is 49.3 Å². The first kappa shape index (κ1) is 51.3. The van der Waals surface area contributed by atoms with Crippen LogP contribution in [0.3, 0.4) is 0 Å². The number of aromatic nitrogens is 2. The van der Waals surface area contributed by atoms with Gasteiger partial charge in [-0.05, 0) is 106 Å². The van der Waals surface area contributed by atoms with Gasteiger partial charge in [-0.3, -0.25) is 0 Å². The third-order valence-corrected chi connectivity index (χ3v) is 11.9. The molecule has 4 aromatic carbocycles. The summed E-state index contributed by atoms with van der Waals surface area (Å²) in [7, 11) is -4.14. The molecule has 0 aliphatic heterocycles. The minimum Gasteiger partial charge on any atom is -0.748 e. The molecule has 0 amide bonds. The van der Waals surface area contributed by atoms with Gasteiger partial charge in [0.1, 0.15) is 23.8 Å². The minimum atomic E-state index is -4.13. The summed E-state index contributed by atoms with van der Waals surface area (Å²) in [6, 6.07) is 32.9. The van der Waals surface area contributed by atoms with E-state index in [1.807, 2.05) is 47.4 Å². The zero-order valence-electron chi connectivity index (χ0n) is 36.2. The molecule has 2 heterocycles. The van der Waals surface area contributed by atoms with Crippen LogP contribution in [0.25, 0.3) is 0 Å². The average molecular weight is 951 g/mol. The van der Waals surface area contributed by atoms with Crippen LogP contribution in [0.15, 0.2) is 153 Å². The molecule has 20 heteroatoms. The molecular formula is C44H54N8O8S4. The number of aryl methyl sites for hydroxylation is 2. The summed E-state index contributed by atoms with van der Waals surface area (Å²) >= 11 is 3.17. The zero-order chi connectivity index (χ0) is 46.2. The Labute approximate surface area is 384 Å². The quantitative estimate of drug-likeness (QED) is 0.0293. The van der Waals surface area contributed by atoms with Gasteiger partial charge in [0.05, 0.1) is 81.5 Å². The van der Waals surface area contributed by atoms with Crippen LogP contribution >= 0.6 is 22.7 Å². The Morgan fingerprint density at radius 1 is 0.531 bits per heavy atom. The standard InChI is InChI=1S/C30H40N8O2S2.2C7H8O3S/c1-5-37-17-23-41-29(37)33-31-25-7-11-27(12-8-25)35(3)15-19-39-21-22-40-20-16-36(4)28-13-9-26(10-14-28)32-34-30-38(6-2)18-24-42-30;2*8-11(9,10)6-7-4-2-1-3-5-7/h7-14,17-18,23-24H,5-6,15-16,19-22H2,1-4H3;2*1-5H,6H2,(H,8,9,10)/q+2;;/p-2. The van der Waals surface area contributed by atoms with Crippen LogP contribution in [0.2, 0.25) is 0 Å². The highest BCUT2D eigenvalue weighted by molar-refractivity contribution is 7.85. The van der Waals surface area contributed by atoms with Gasteiger partial charge in [-0.15, -0.1) is 0 Å². The summed E-state index contributed by atoms with van der Waals surface area (Å²) < 4.78 is 77.2. The van der Waals surface area contributed by atoms with Crippen molar-refractivity contribution in [3.8, 4) is 0 Å². The van der Waals surface area contributed by atoms with Gasteiger partial charge < -0.3 is 28.4 Å². The summed E-state index contributed by atoms with van der Waals surface area (Å²) in [6.45, 7) is 9.93. The van der Waals surface area contributed by atoms with E-state index in [-0.39, 0.29) is 0 Å². The number of thiazole rings is 2. The van der Waals surface area contributed by atoms with Gasteiger partial charge in [0.25, 0.3) is 0 Å². The highest BCUT2D eigenvalue weighted by Gasteiger charge is 2.11. The summed E-state index contributed by atoms with van der Waals surface area (Å²) in [4.78, 5) is 4.33. The number of azo groups is 2. The summed E-state index contributed by atoms with van der Waals surface area (Å²) in [5.41, 5.74) is 4.95. The SMILES string of the molecule is CC[n+]1ccsc1N=Nc1ccc(N(C)CCOCCOCCN(C)c2ccc(N=Nc3scc[n+]3CC)cc2)cc1.O=S(=O)([O-])Cc1ccccc1.O=S(=O)([O-])Cc1ccccc1. The van der Waals surface area contributed by atoms with Crippen LogP contribution in [0.1, 0.15) is 25.0 Å². The second-order valence-electron chi connectivity index (χ2n) is 13.8. The Kier molecular flexibility index (Phi) is 21.7. The van der Waals surface area contributed by atoms with E-state index < -0.39 is 31.7 Å². The monoisotopic (exact) mass is 950 g/mol. The molecule has 0 radical (unpaired) electrons. The van der Waals surface area contributed by atoms with Crippen LogP contribution in [-0.2, 0) is 54.3 Å². The van der Waals surface area contributed by atoms with Gasteiger partial charge in [0.15, 0.2) is 0 Å². The van der Waals surface area contributed by atoms with Gasteiger partial charge in [-0.1, -0.05) is 60.7 Å². The van der Waals surface area contributed by atoms with Crippen molar-refractivity contribution in [2.75, 3.05) is 63.4 Å². The highest BCUT2D eigenvalue weighted by atomic mass is 32.2. The van der Waals surface area contributed by atoms with Crippen molar-refractivity contribution in [3.63, 3.8) is 0 Å². The Hall–Kier alpha value is -5.32. The molecule has 16 nitrogen and oxygen atoms in total. The fraction of sp³-hybridized carbons (Fsp3) is 0.318. The van der Waals surface area contributed by atoms with E-state index in [4.69, 9.17) is 9.47 Å². The predicted octanol–water partition coefficient (Wildman–Crippen LogP) is 8.32. The maximum absolute atomic E-state index is 10.2. The first-order valence-electron chi connectivity index (χ1n) is 20.2. The summed E-state index contributed by atoms with van der Waals surface area (Å²) in [6.07, 6.45) is 4.04. The average Bonchev–Trinajstić information content (AvgIpc) is 3.95. The largest absolute Gasteiger partial charge is 0.748 e. The molecule has 0 atom stereocenters. The molecule has 0 aliphatic rings. The maximum Gasteiger partial charge on any atom is 0.408 e. The highest BCUT2D eigenvalue weighted by Crippen LogP contribution is 2.24. The van der Waals surface area contributed by atoms with Crippen molar-refractivity contribution >= 4 is 75.9 Å². The molecular weight excluding hydrogens is 897 g/mol. The van der Waals surface area contributed by atoms with E-state index in [2.05, 4.69) is 91.6 Å². The van der Waals surface area contributed by atoms with Crippen LogP contribution in [-0.4, -0.2) is 79.6 Å². The number of ether oxygens (including phenoxy) is 2. The van der Waals surface area contributed by atoms with Crippen LogP contribution in [0, 0.1) is 0 Å². The molecule has 0 spiro atoms. The lowest BCUT2D eigenvalue weighted by Crippen LogP contribution is -2.28. The molecule has 0 saturated heterocycles. The molecule has 0 saturated carbocycles. The normalized spacial score (nSPS) is 11.5. The smallest absolute Gasteiger partial charge is 0.408 e. The van der Waals surface area contributed by atoms with Crippen molar-refractivity contribution in [2.24, 2.45) is 20.5 Å². The number of hydrogen-bond acceptors (Lipinski definition) is 16. The van der Waals surface area contributed by atoms with Gasteiger partial charge in [-0.25, -0.2) is 26.0 Å². The molecule has 6 rings (SSSR count). The predicted molar refractivity (Wildman–Crippen MR) is 249 cm³/mol. The molecule has 64 heavy (non-hydrogen) atoms. The third-order valence-electron chi connectivity index (χ3n) is 8.97. The first-order valence-corrected chi connectivity index (χ1v) is 25.1. The van der Waals surface area contributed by atoms with Crippen molar-refractivity contribution in [2.45, 2.75) is 38.4 Å². The van der Waals surface area contributed by atoms with Gasteiger partial charge >= 0.3 is 10.3 Å². The lowest BCUT2D eigenvalue weighted by Gasteiger charge is -2.20. The molecule has 0 aliphatic carbocycles. The van der Waals surface area contributed by atoms with Crippen LogP contribution < -0.4 is 18.9 Å². The van der Waals surface area contributed by atoms with E-state index in [1.165, 1.54) is 0 Å². The number of benzene rings is 4. The van der Waals surface area contributed by atoms with Crippen LogP contribution in [0.4, 0.5) is 33.0 Å². The van der Waals surface area contributed by atoms with E-state index in [0.717, 1.165) is 59.2 Å². The van der Waals surface area contributed by atoms with Crippen LogP contribution in [0.5, 0.6) is 0 Å². The Morgan fingerprint density at radius 3 is 1.22 bits per heavy atom. The molecule has 2 aromatic heterocycles. The molecule has 0 bridgehead atoms. The van der Waals surface area contributed by atoms with Crippen molar-refractivity contribution in [1.82, 2.24) is 0 Å². The number of hydrogen-bond donors (Lipinski definition) is 0. The molecule has 342 valence electrons. The van der Waals surface area contributed by atoms with E-state index in [0.29, 0.717) is 37.6 Å². The first-order chi connectivity index (χ1) is 30.7. The lowest BCUT2D eigenvalue weighted by atomic mass is 10.2. The number of nitrogens with zero attached hydrogens (tertiary/aromatic N) is 8. The Balaban J connectivity index is 0.000000330. The van der Waals surface area contributed by atoms with Crippen molar-refractivity contribution < 1.29 is 44.5 Å². The lowest BCUT2D eigenvalue weighted by molar-refractivity contribution is -0.677. The van der Waals surface area contributed by atoms with Gasteiger partial charge in [0.2, 0.25) is 0 Å². The second-order valence-corrected chi connectivity index (χ2v) is 18.4. The molecule has 6 aromatic rings. The number of rotatable bonds is 21. The van der Waals surface area contributed by atoms with Crippen molar-refractivity contribution in [3.05, 3.63) is 143 Å². The number of anilines is 2. The molecule has 0 unspecified atom stereocenters. The fourth-order valence-corrected chi connectivity index (χ4v) is 8.21. The van der Waals surface area contributed by atoms with Gasteiger partial charge in [-0.2, -0.15) is 0 Å². The van der Waals surface area contributed by atoms with E-state index in [1.54, 1.807) is 83.3 Å². The Bertz CT molecular complexity index is 2350. The maximum atomic E-state index is 10.2. The topological polar surface area (TPSA) is 197 Å². The second kappa shape index (κ2) is 27.1. The Morgan fingerprint density at radius 2 is 0.891 bits per heavy atom. The molecule has 0 fully saturated rings. The minimum absolute atomic E-state index is 0.423. The van der Waals surface area contributed by atoms with E-state index >= 15 is 0 Å². The summed E-state index contributed by atoms with van der Waals surface area (Å²) in [5, 5.41) is 23.3. The summed E-state index contributed by atoms with van der Waals surface area (Å²) in [5.74, 6) is -0.846. The van der Waals surface area contributed by atoms with Crippen molar-refractivity contribution in [1.29, 1.82) is 0 Å². The fourth-order valence-electron chi connectivity index (χ4n) is 5.52. The van der Waals surface area contributed by atoms with E-state index in [9.17, 15) is 25.9 Å². The zero-order valence-corrected chi connectivity index (χ0v) is 39.5. The third kappa shape index (κ3) is 20.0.